The molecular weight excluding hydrogens is 323 g/mol. The number of methoxy groups -OCH3 is 1. The van der Waals surface area contributed by atoms with E-state index in [9.17, 15) is 9.18 Å². The molecule has 0 heterocycles. The first-order chi connectivity index (χ1) is 12.1. The lowest BCUT2D eigenvalue weighted by molar-refractivity contribution is 0.240. The van der Waals surface area contributed by atoms with Gasteiger partial charge in [-0.1, -0.05) is 18.2 Å². The van der Waals surface area contributed by atoms with Gasteiger partial charge in [-0.3, -0.25) is 0 Å². The van der Waals surface area contributed by atoms with E-state index in [2.05, 4.69) is 10.6 Å². The van der Waals surface area contributed by atoms with E-state index in [4.69, 9.17) is 9.47 Å². The third-order valence-corrected chi connectivity index (χ3v) is 3.61. The van der Waals surface area contributed by atoms with Gasteiger partial charge < -0.3 is 20.1 Å². The maximum absolute atomic E-state index is 13.7. The van der Waals surface area contributed by atoms with Crippen LogP contribution in [-0.4, -0.2) is 26.3 Å². The van der Waals surface area contributed by atoms with Crippen LogP contribution in [0.5, 0.6) is 11.5 Å². The van der Waals surface area contributed by atoms with Crippen molar-refractivity contribution in [1.82, 2.24) is 10.6 Å². The molecule has 0 fully saturated rings. The zero-order valence-corrected chi connectivity index (χ0v) is 14.5. The second-order valence-electron chi connectivity index (χ2n) is 5.41. The molecule has 2 aromatic carbocycles. The van der Waals surface area contributed by atoms with E-state index < -0.39 is 5.82 Å². The highest BCUT2D eigenvalue weighted by molar-refractivity contribution is 5.73. The topological polar surface area (TPSA) is 59.6 Å². The molecular formula is C19H23FN2O3. The minimum absolute atomic E-state index is 0.218. The molecule has 0 aliphatic heterocycles. The largest absolute Gasteiger partial charge is 0.497 e. The Bertz CT molecular complexity index is 690. The molecule has 0 aromatic heterocycles. The number of rotatable bonds is 8. The van der Waals surface area contributed by atoms with Crippen LogP contribution >= 0.6 is 0 Å². The van der Waals surface area contributed by atoms with Crippen molar-refractivity contribution in [2.75, 3.05) is 20.3 Å². The molecule has 2 rings (SSSR count). The lowest BCUT2D eigenvalue weighted by atomic mass is 10.1. The smallest absolute Gasteiger partial charge is 0.315 e. The molecule has 25 heavy (non-hydrogen) atoms. The van der Waals surface area contributed by atoms with Crippen molar-refractivity contribution in [1.29, 1.82) is 0 Å². The molecule has 0 aliphatic carbocycles. The molecule has 6 heteroatoms. The van der Waals surface area contributed by atoms with Crippen molar-refractivity contribution in [3.05, 3.63) is 59.4 Å². The van der Waals surface area contributed by atoms with Gasteiger partial charge in [0.05, 0.1) is 13.7 Å². The third kappa shape index (κ3) is 5.99. The highest BCUT2D eigenvalue weighted by atomic mass is 19.1. The van der Waals surface area contributed by atoms with Crippen LogP contribution in [0.15, 0.2) is 42.5 Å². The summed E-state index contributed by atoms with van der Waals surface area (Å²) in [5, 5.41) is 5.48. The molecule has 0 atom stereocenters. The van der Waals surface area contributed by atoms with E-state index in [0.717, 1.165) is 17.7 Å². The molecule has 0 unspecified atom stereocenters. The summed E-state index contributed by atoms with van der Waals surface area (Å²) in [6.45, 7) is 2.96. The summed E-state index contributed by atoms with van der Waals surface area (Å²) in [7, 11) is 1.62. The molecule has 2 aromatic rings. The van der Waals surface area contributed by atoms with Crippen LogP contribution in [0.4, 0.5) is 9.18 Å². The highest BCUT2D eigenvalue weighted by Gasteiger charge is 2.06. The predicted octanol–water partition coefficient (Wildman–Crippen LogP) is 3.27. The Kier molecular flexibility index (Phi) is 7.07. The Hall–Kier alpha value is -2.76. The lowest BCUT2D eigenvalue weighted by Gasteiger charge is -2.09. The predicted molar refractivity (Wildman–Crippen MR) is 94.5 cm³/mol. The van der Waals surface area contributed by atoms with Crippen molar-refractivity contribution < 1.29 is 18.7 Å². The Morgan fingerprint density at radius 3 is 2.44 bits per heavy atom. The standard InChI is InChI=1S/C19H23FN2O3/c1-3-25-18-9-6-15(12-17(18)20)13-22-19(23)21-11-10-14-4-7-16(24-2)8-5-14/h4-9,12H,3,10-11,13H2,1-2H3,(H2,21,22,23). The Labute approximate surface area is 147 Å². The monoisotopic (exact) mass is 346 g/mol. The molecule has 0 saturated carbocycles. The summed E-state index contributed by atoms with van der Waals surface area (Å²) in [4.78, 5) is 11.8. The van der Waals surface area contributed by atoms with Crippen molar-refractivity contribution in [3.63, 3.8) is 0 Å². The van der Waals surface area contributed by atoms with Gasteiger partial charge in [0.25, 0.3) is 0 Å². The van der Waals surface area contributed by atoms with Gasteiger partial charge in [0, 0.05) is 13.1 Å². The van der Waals surface area contributed by atoms with Gasteiger partial charge in [-0.25, -0.2) is 9.18 Å². The molecule has 134 valence electrons. The SMILES string of the molecule is CCOc1ccc(CNC(=O)NCCc2ccc(OC)cc2)cc1F. The number of nitrogens with one attached hydrogen (secondary N) is 2. The van der Waals surface area contributed by atoms with Gasteiger partial charge in [0.2, 0.25) is 0 Å². The van der Waals surface area contributed by atoms with Crippen molar-refractivity contribution >= 4 is 6.03 Å². The van der Waals surface area contributed by atoms with E-state index in [0.29, 0.717) is 18.7 Å². The molecule has 5 nitrogen and oxygen atoms in total. The Morgan fingerprint density at radius 2 is 1.80 bits per heavy atom. The zero-order valence-electron chi connectivity index (χ0n) is 14.5. The van der Waals surface area contributed by atoms with Gasteiger partial charge in [0.15, 0.2) is 11.6 Å². The van der Waals surface area contributed by atoms with Gasteiger partial charge in [-0.15, -0.1) is 0 Å². The van der Waals surface area contributed by atoms with Gasteiger partial charge in [0.1, 0.15) is 5.75 Å². The van der Waals surface area contributed by atoms with Crippen LogP contribution in [0.1, 0.15) is 18.1 Å². The Balaban J connectivity index is 1.72. The fraction of sp³-hybridized carbons (Fsp3) is 0.316. The minimum Gasteiger partial charge on any atom is -0.497 e. The molecule has 0 radical (unpaired) electrons. The van der Waals surface area contributed by atoms with Gasteiger partial charge in [-0.05, 0) is 48.7 Å². The molecule has 2 amide bonds. The first kappa shape index (κ1) is 18.6. The van der Waals surface area contributed by atoms with E-state index in [1.165, 1.54) is 6.07 Å². The van der Waals surface area contributed by atoms with Gasteiger partial charge >= 0.3 is 6.03 Å². The van der Waals surface area contributed by atoms with Crippen molar-refractivity contribution in [2.45, 2.75) is 19.9 Å². The quantitative estimate of drug-likeness (QED) is 0.771. The molecule has 0 aliphatic rings. The maximum Gasteiger partial charge on any atom is 0.315 e. The van der Waals surface area contributed by atoms with Crippen LogP contribution in [0.2, 0.25) is 0 Å². The van der Waals surface area contributed by atoms with Crippen molar-refractivity contribution in [2.24, 2.45) is 0 Å². The fourth-order valence-electron chi connectivity index (χ4n) is 2.28. The number of ether oxygens (including phenoxy) is 2. The second kappa shape index (κ2) is 9.52. The number of carbonyl (C=O) groups is 1. The second-order valence-corrected chi connectivity index (χ2v) is 5.41. The van der Waals surface area contributed by atoms with E-state index in [-0.39, 0.29) is 18.3 Å². The number of benzene rings is 2. The van der Waals surface area contributed by atoms with Crippen LogP contribution in [0, 0.1) is 5.82 Å². The van der Waals surface area contributed by atoms with E-state index in [1.54, 1.807) is 26.2 Å². The van der Waals surface area contributed by atoms with E-state index in [1.807, 2.05) is 24.3 Å². The van der Waals surface area contributed by atoms with E-state index >= 15 is 0 Å². The number of halogens is 1. The zero-order chi connectivity index (χ0) is 18.1. The Morgan fingerprint density at radius 1 is 1.08 bits per heavy atom. The maximum atomic E-state index is 13.7. The summed E-state index contributed by atoms with van der Waals surface area (Å²) < 4.78 is 24.0. The highest BCUT2D eigenvalue weighted by Crippen LogP contribution is 2.18. The summed E-state index contributed by atoms with van der Waals surface area (Å²) in [5.41, 5.74) is 1.78. The van der Waals surface area contributed by atoms with Crippen LogP contribution in [-0.2, 0) is 13.0 Å². The summed E-state index contributed by atoms with van der Waals surface area (Å²) in [6, 6.07) is 12.1. The first-order valence-corrected chi connectivity index (χ1v) is 8.18. The van der Waals surface area contributed by atoms with Crippen molar-refractivity contribution in [3.8, 4) is 11.5 Å². The summed E-state index contributed by atoms with van der Waals surface area (Å²) in [5.74, 6) is 0.591. The minimum atomic E-state index is -0.430. The molecule has 0 spiro atoms. The van der Waals surface area contributed by atoms with Crippen LogP contribution in [0.3, 0.4) is 0 Å². The lowest BCUT2D eigenvalue weighted by Crippen LogP contribution is -2.36. The number of amides is 2. The number of urea groups is 1. The number of hydrogen-bond donors (Lipinski definition) is 2. The normalized spacial score (nSPS) is 10.2. The third-order valence-electron chi connectivity index (χ3n) is 3.61. The molecule has 0 bridgehead atoms. The average Bonchev–Trinajstić information content (AvgIpc) is 2.63. The number of carbonyl (C=O) groups excluding carboxylic acids is 1. The van der Waals surface area contributed by atoms with Crippen LogP contribution in [0.25, 0.3) is 0 Å². The molecule has 2 N–H and O–H groups in total. The summed E-state index contributed by atoms with van der Waals surface area (Å²) >= 11 is 0. The fourth-order valence-corrected chi connectivity index (χ4v) is 2.28. The molecule has 0 saturated heterocycles. The average molecular weight is 346 g/mol. The summed E-state index contributed by atoms with van der Waals surface area (Å²) in [6.07, 6.45) is 0.717. The van der Waals surface area contributed by atoms with Crippen LogP contribution < -0.4 is 20.1 Å². The first-order valence-electron chi connectivity index (χ1n) is 8.18. The van der Waals surface area contributed by atoms with Gasteiger partial charge in [-0.2, -0.15) is 0 Å². The number of hydrogen-bond acceptors (Lipinski definition) is 3.